The van der Waals surface area contributed by atoms with E-state index in [-0.39, 0.29) is 0 Å². The predicted molar refractivity (Wildman–Crippen MR) is 96.0 cm³/mol. The molecule has 1 fully saturated rings. The molecule has 1 aliphatic heterocycles. The summed E-state index contributed by atoms with van der Waals surface area (Å²) in [6, 6.07) is 3.92. The molecule has 0 bridgehead atoms. The van der Waals surface area contributed by atoms with E-state index >= 15 is 0 Å². The van der Waals surface area contributed by atoms with E-state index < -0.39 is 0 Å². The van der Waals surface area contributed by atoms with Gasteiger partial charge in [-0.05, 0) is 32.4 Å². The van der Waals surface area contributed by atoms with E-state index in [2.05, 4.69) is 45.9 Å². The van der Waals surface area contributed by atoms with Crippen LogP contribution in [0.3, 0.4) is 0 Å². The second-order valence-electron chi connectivity index (χ2n) is 6.13. The Bertz CT molecular complexity index is 628. The number of fused-ring (bicyclic) bond motifs is 1. The van der Waals surface area contributed by atoms with Crippen LogP contribution in [0.5, 0.6) is 0 Å². The normalized spacial score (nSPS) is 22.9. The Balaban J connectivity index is 1.51. The third-order valence-electron chi connectivity index (χ3n) is 3.89. The molecule has 0 N–H and O–H groups in total. The van der Waals surface area contributed by atoms with E-state index in [1.165, 1.54) is 0 Å². The first kappa shape index (κ1) is 16.4. The minimum Gasteiger partial charge on any atom is -0.373 e. The number of hydrogen-bond donors (Lipinski definition) is 0. The maximum absolute atomic E-state index is 5.77. The molecule has 3 rings (SSSR count). The second-order valence-corrected chi connectivity index (χ2v) is 7.08. The van der Waals surface area contributed by atoms with Crippen molar-refractivity contribution in [1.29, 1.82) is 0 Å². The molecule has 0 aromatic carbocycles. The van der Waals surface area contributed by atoms with Crippen molar-refractivity contribution in [3.05, 3.63) is 30.6 Å². The van der Waals surface area contributed by atoms with Crippen LogP contribution in [0.25, 0.3) is 10.3 Å². The van der Waals surface area contributed by atoms with Gasteiger partial charge >= 0.3 is 0 Å². The van der Waals surface area contributed by atoms with Crippen molar-refractivity contribution in [2.45, 2.75) is 32.5 Å². The summed E-state index contributed by atoms with van der Waals surface area (Å²) >= 11 is 1.62. The van der Waals surface area contributed by atoms with Gasteiger partial charge in [-0.2, -0.15) is 0 Å². The fourth-order valence-corrected chi connectivity index (χ4v) is 3.78. The average molecular weight is 332 g/mol. The second kappa shape index (κ2) is 7.38. The Morgan fingerprint density at radius 3 is 2.91 bits per heavy atom. The molecule has 1 aliphatic rings. The third-order valence-corrected chi connectivity index (χ3v) is 4.96. The largest absolute Gasteiger partial charge is 0.373 e. The van der Waals surface area contributed by atoms with Gasteiger partial charge in [0.2, 0.25) is 0 Å². The van der Waals surface area contributed by atoms with E-state index in [0.29, 0.717) is 12.2 Å². The highest BCUT2D eigenvalue weighted by molar-refractivity contribution is 7.21. The molecule has 2 atom stereocenters. The van der Waals surface area contributed by atoms with Gasteiger partial charge in [0, 0.05) is 39.1 Å². The summed E-state index contributed by atoms with van der Waals surface area (Å²) in [7, 11) is 2.03. The molecule has 5 nitrogen and oxygen atoms in total. The van der Waals surface area contributed by atoms with Gasteiger partial charge in [0.1, 0.15) is 10.3 Å². The van der Waals surface area contributed by atoms with Crippen molar-refractivity contribution in [2.24, 2.45) is 0 Å². The standard InChI is InChI=1S/C17H24N4OS/c1-13-11-21(12-14(2)22-13)10-5-4-9-20(3)17-19-15-7-6-8-18-16(15)23-17/h4,6-9,13-14H,5,10-12H2,1-3H3/b9-4+/t13-,14+. The minimum absolute atomic E-state index is 0.334. The van der Waals surface area contributed by atoms with Gasteiger partial charge in [-0.15, -0.1) is 0 Å². The molecule has 2 aromatic rings. The number of nitrogens with zero attached hydrogens (tertiary/aromatic N) is 4. The number of pyridine rings is 1. The van der Waals surface area contributed by atoms with Crippen LogP contribution >= 0.6 is 11.3 Å². The minimum atomic E-state index is 0.334. The van der Waals surface area contributed by atoms with Crippen LogP contribution in [0.2, 0.25) is 0 Å². The first-order valence-electron chi connectivity index (χ1n) is 8.10. The molecular formula is C17H24N4OS. The van der Waals surface area contributed by atoms with Crippen LogP contribution in [0.15, 0.2) is 30.6 Å². The Morgan fingerprint density at radius 2 is 2.17 bits per heavy atom. The van der Waals surface area contributed by atoms with Gasteiger partial charge < -0.3 is 9.64 Å². The molecule has 1 saturated heterocycles. The number of thiazole rings is 1. The lowest BCUT2D eigenvalue weighted by Crippen LogP contribution is -2.45. The van der Waals surface area contributed by atoms with Crippen LogP contribution in [-0.2, 0) is 4.74 Å². The van der Waals surface area contributed by atoms with Gasteiger partial charge in [0.15, 0.2) is 5.13 Å². The number of rotatable bonds is 5. The van der Waals surface area contributed by atoms with Crippen LogP contribution < -0.4 is 4.90 Å². The van der Waals surface area contributed by atoms with Crippen molar-refractivity contribution < 1.29 is 4.74 Å². The number of ether oxygens (including phenoxy) is 1. The van der Waals surface area contributed by atoms with Crippen LogP contribution in [0, 0.1) is 0 Å². The lowest BCUT2D eigenvalue weighted by Gasteiger charge is -2.35. The van der Waals surface area contributed by atoms with E-state index in [1.807, 2.05) is 25.4 Å². The van der Waals surface area contributed by atoms with Crippen molar-refractivity contribution in [3.8, 4) is 0 Å². The van der Waals surface area contributed by atoms with E-state index in [1.54, 1.807) is 11.3 Å². The maximum Gasteiger partial charge on any atom is 0.191 e. The zero-order valence-electron chi connectivity index (χ0n) is 14.0. The SMILES string of the molecule is C[C@@H]1CN(CC/C=C/N(C)c2nc3cccnc3s2)C[C@H](C)O1. The highest BCUT2D eigenvalue weighted by Gasteiger charge is 2.21. The summed E-state index contributed by atoms with van der Waals surface area (Å²) in [5, 5.41) is 0.976. The summed E-state index contributed by atoms with van der Waals surface area (Å²) in [6.07, 6.45) is 7.83. The Hall–Kier alpha value is -1.50. The zero-order chi connectivity index (χ0) is 16.2. The molecule has 2 aromatic heterocycles. The average Bonchev–Trinajstić information content (AvgIpc) is 2.94. The molecule has 124 valence electrons. The summed E-state index contributed by atoms with van der Waals surface area (Å²) in [6.45, 7) is 7.42. The quantitative estimate of drug-likeness (QED) is 0.841. The van der Waals surface area contributed by atoms with Gasteiger partial charge in [0.25, 0.3) is 0 Å². The topological polar surface area (TPSA) is 41.5 Å². The van der Waals surface area contributed by atoms with Crippen LogP contribution in [0.4, 0.5) is 5.13 Å². The highest BCUT2D eigenvalue weighted by Crippen LogP contribution is 2.26. The highest BCUT2D eigenvalue weighted by atomic mass is 32.1. The maximum atomic E-state index is 5.77. The van der Waals surface area contributed by atoms with Gasteiger partial charge in [-0.3, -0.25) is 4.90 Å². The van der Waals surface area contributed by atoms with Gasteiger partial charge in [-0.25, -0.2) is 9.97 Å². The Kier molecular flexibility index (Phi) is 5.25. The van der Waals surface area contributed by atoms with E-state index in [4.69, 9.17) is 4.74 Å². The fourth-order valence-electron chi connectivity index (χ4n) is 2.93. The lowest BCUT2D eigenvalue weighted by molar-refractivity contribution is -0.0673. The molecule has 3 heterocycles. The summed E-state index contributed by atoms with van der Waals surface area (Å²) < 4.78 is 5.77. The first-order chi connectivity index (χ1) is 11.1. The molecule has 0 radical (unpaired) electrons. The number of aromatic nitrogens is 2. The molecule has 0 spiro atoms. The summed E-state index contributed by atoms with van der Waals surface area (Å²) in [5.74, 6) is 0. The predicted octanol–water partition coefficient (Wildman–Crippen LogP) is 3.14. The molecule has 0 amide bonds. The van der Waals surface area contributed by atoms with Gasteiger partial charge in [0.05, 0.1) is 12.2 Å². The Morgan fingerprint density at radius 1 is 1.39 bits per heavy atom. The van der Waals surface area contributed by atoms with Crippen molar-refractivity contribution in [3.63, 3.8) is 0 Å². The molecule has 6 heteroatoms. The number of anilines is 1. The van der Waals surface area contributed by atoms with E-state index in [9.17, 15) is 0 Å². The van der Waals surface area contributed by atoms with Crippen molar-refractivity contribution in [2.75, 3.05) is 31.6 Å². The van der Waals surface area contributed by atoms with E-state index in [0.717, 1.165) is 41.5 Å². The smallest absolute Gasteiger partial charge is 0.191 e. The van der Waals surface area contributed by atoms with Crippen LogP contribution in [-0.4, -0.2) is 53.8 Å². The number of hydrogen-bond acceptors (Lipinski definition) is 6. The fraction of sp³-hybridized carbons (Fsp3) is 0.529. The first-order valence-corrected chi connectivity index (χ1v) is 8.92. The van der Waals surface area contributed by atoms with Gasteiger partial charge in [-0.1, -0.05) is 17.4 Å². The summed E-state index contributed by atoms with van der Waals surface area (Å²) in [4.78, 5) is 14.5. The molecule has 0 unspecified atom stereocenters. The number of morpholine rings is 1. The van der Waals surface area contributed by atoms with Crippen molar-refractivity contribution in [1.82, 2.24) is 14.9 Å². The zero-order valence-corrected chi connectivity index (χ0v) is 14.8. The molecule has 0 saturated carbocycles. The van der Waals surface area contributed by atoms with Crippen LogP contribution in [0.1, 0.15) is 20.3 Å². The molecule has 0 aliphatic carbocycles. The lowest BCUT2D eigenvalue weighted by atomic mass is 10.2. The molecular weight excluding hydrogens is 308 g/mol. The van der Waals surface area contributed by atoms with Crippen molar-refractivity contribution >= 4 is 26.8 Å². The third kappa shape index (κ3) is 4.28. The summed E-state index contributed by atoms with van der Waals surface area (Å²) in [5.41, 5.74) is 0.962. The molecule has 23 heavy (non-hydrogen) atoms. The Labute approximate surface area is 141 Å². The monoisotopic (exact) mass is 332 g/mol.